The molecule has 0 unspecified atom stereocenters. The summed E-state index contributed by atoms with van der Waals surface area (Å²) in [6, 6.07) is 10.9. The van der Waals surface area contributed by atoms with Gasteiger partial charge in [-0.25, -0.2) is 8.42 Å². The fourth-order valence-electron chi connectivity index (χ4n) is 2.45. The van der Waals surface area contributed by atoms with E-state index in [1.807, 2.05) is 6.92 Å². The second-order valence-corrected chi connectivity index (χ2v) is 8.14. The Hall–Kier alpha value is -1.63. The molecule has 0 bridgehead atoms. The van der Waals surface area contributed by atoms with Gasteiger partial charge in [-0.15, -0.1) is 12.6 Å². The Balaban J connectivity index is 2.81. The van der Waals surface area contributed by atoms with Crippen LogP contribution in [0.3, 0.4) is 0 Å². The van der Waals surface area contributed by atoms with Crippen LogP contribution in [-0.4, -0.2) is 19.3 Å². The van der Waals surface area contributed by atoms with Crippen molar-refractivity contribution >= 4 is 43.3 Å². The first-order valence-corrected chi connectivity index (χ1v) is 9.96. The number of aryl methyl sites for hydroxylation is 1. The molecule has 0 spiro atoms. The zero-order valence-corrected chi connectivity index (χ0v) is 15.3. The van der Waals surface area contributed by atoms with Crippen LogP contribution in [0.4, 0.5) is 0 Å². The van der Waals surface area contributed by atoms with Gasteiger partial charge < -0.3 is 0 Å². The average Bonchev–Trinajstić information content (AvgIpc) is 2.53. The molecule has 0 atom stereocenters. The normalized spacial score (nSPS) is 11.3. The highest BCUT2D eigenvalue weighted by atomic mass is 35.7. The van der Waals surface area contributed by atoms with Gasteiger partial charge in [0.1, 0.15) is 0 Å². The Kier molecular flexibility index (Phi) is 5.85. The minimum atomic E-state index is -4.22. The van der Waals surface area contributed by atoms with Crippen molar-refractivity contribution in [1.29, 1.82) is 0 Å². The smallest absolute Gasteiger partial charge is 0.262 e. The summed E-state index contributed by atoms with van der Waals surface area (Å²) in [5.41, 5.74) is 0.911. The Morgan fingerprint density at radius 3 is 2.21 bits per heavy atom. The maximum atomic E-state index is 12.9. The fraction of sp³-hybridized carbons (Fsp3) is 0.176. The Morgan fingerprint density at radius 1 is 1.08 bits per heavy atom. The molecule has 0 heterocycles. The van der Waals surface area contributed by atoms with E-state index in [0.717, 1.165) is 6.07 Å². The van der Waals surface area contributed by atoms with Crippen LogP contribution in [0.25, 0.3) is 0 Å². The van der Waals surface area contributed by atoms with E-state index in [1.54, 1.807) is 30.3 Å². The number of benzene rings is 2. The van der Waals surface area contributed by atoms with E-state index in [1.165, 1.54) is 6.07 Å². The van der Waals surface area contributed by atoms with E-state index >= 15 is 0 Å². The highest BCUT2D eigenvalue weighted by molar-refractivity contribution is 8.13. The molecular weight excluding hydrogens is 368 g/mol. The molecule has 0 aromatic heterocycles. The number of hydrogen-bond donors (Lipinski definition) is 1. The third-order valence-electron chi connectivity index (χ3n) is 3.48. The van der Waals surface area contributed by atoms with Crippen LogP contribution in [0.5, 0.6) is 0 Å². The molecule has 2 aromatic rings. The van der Waals surface area contributed by atoms with Crippen molar-refractivity contribution in [2.24, 2.45) is 0 Å². The summed E-state index contributed by atoms with van der Waals surface area (Å²) in [7, 11) is 1.31. The van der Waals surface area contributed by atoms with Crippen LogP contribution in [0.1, 0.15) is 45.2 Å². The molecule has 4 nitrogen and oxygen atoms in total. The molecule has 2 aromatic carbocycles. The minimum Gasteiger partial charge on any atom is -0.289 e. The molecule has 2 rings (SSSR count). The second-order valence-electron chi connectivity index (χ2n) is 5.20. The highest BCUT2D eigenvalue weighted by Crippen LogP contribution is 2.29. The number of hydrogen-bond acceptors (Lipinski definition) is 4. The predicted molar refractivity (Wildman–Crippen MR) is 96.7 cm³/mol. The lowest BCUT2D eigenvalue weighted by molar-refractivity contribution is 0.103. The molecule has 126 valence electrons. The van der Waals surface area contributed by atoms with Crippen molar-refractivity contribution in [3.8, 4) is 0 Å². The molecule has 24 heavy (non-hydrogen) atoms. The SMILES string of the molecule is CCCc1cc(C(=O)S)cc(S(=O)(=O)Cl)c1C(=O)c1ccccc1. The van der Waals surface area contributed by atoms with Crippen molar-refractivity contribution < 1.29 is 18.0 Å². The zero-order valence-electron chi connectivity index (χ0n) is 12.8. The van der Waals surface area contributed by atoms with Gasteiger partial charge in [-0.1, -0.05) is 43.7 Å². The quantitative estimate of drug-likeness (QED) is 0.468. The van der Waals surface area contributed by atoms with Crippen LogP contribution in [0.15, 0.2) is 47.4 Å². The first-order valence-electron chi connectivity index (χ1n) is 7.20. The standard InChI is InChI=1S/C17H15ClO4S2/c1-2-6-12-9-13(17(20)23)10-14(24(18,21)22)15(12)16(19)11-7-4-3-5-8-11/h3-5,7-10H,2,6H2,1H3,(H,20,23). The number of halogens is 1. The number of carbonyl (C=O) groups excluding carboxylic acids is 2. The fourth-order valence-corrected chi connectivity index (χ4v) is 3.68. The van der Waals surface area contributed by atoms with Crippen molar-refractivity contribution in [2.75, 3.05) is 0 Å². The van der Waals surface area contributed by atoms with Crippen molar-refractivity contribution in [3.63, 3.8) is 0 Å². The number of thiol groups is 1. The summed E-state index contributed by atoms with van der Waals surface area (Å²) in [5, 5.41) is -0.590. The molecule has 0 fully saturated rings. The number of ketones is 1. The van der Waals surface area contributed by atoms with Gasteiger partial charge in [0, 0.05) is 27.4 Å². The van der Waals surface area contributed by atoms with Crippen LogP contribution in [-0.2, 0) is 15.5 Å². The lowest BCUT2D eigenvalue weighted by Crippen LogP contribution is -2.13. The van der Waals surface area contributed by atoms with Gasteiger partial charge >= 0.3 is 0 Å². The van der Waals surface area contributed by atoms with Gasteiger partial charge in [0.15, 0.2) is 5.78 Å². The van der Waals surface area contributed by atoms with Crippen LogP contribution >= 0.6 is 23.3 Å². The summed E-state index contributed by atoms with van der Waals surface area (Å²) in [4.78, 5) is 24.1. The van der Waals surface area contributed by atoms with Gasteiger partial charge in [-0.2, -0.15) is 0 Å². The van der Waals surface area contributed by atoms with Gasteiger partial charge in [0.05, 0.1) is 4.90 Å². The molecule has 0 aliphatic rings. The van der Waals surface area contributed by atoms with Crippen LogP contribution in [0, 0.1) is 0 Å². The lowest BCUT2D eigenvalue weighted by atomic mass is 9.94. The Morgan fingerprint density at radius 2 is 1.71 bits per heavy atom. The van der Waals surface area contributed by atoms with Gasteiger partial charge in [-0.3, -0.25) is 9.59 Å². The molecule has 0 saturated carbocycles. The van der Waals surface area contributed by atoms with Gasteiger partial charge in [0.2, 0.25) is 5.12 Å². The van der Waals surface area contributed by atoms with E-state index in [4.69, 9.17) is 10.7 Å². The molecule has 7 heteroatoms. The Bertz CT molecular complexity index is 890. The lowest BCUT2D eigenvalue weighted by Gasteiger charge is -2.14. The molecule has 0 N–H and O–H groups in total. The monoisotopic (exact) mass is 382 g/mol. The third kappa shape index (κ3) is 4.06. The van der Waals surface area contributed by atoms with Crippen molar-refractivity contribution in [2.45, 2.75) is 24.7 Å². The molecular formula is C17H15ClO4S2. The van der Waals surface area contributed by atoms with Crippen LogP contribution in [0.2, 0.25) is 0 Å². The summed E-state index contributed by atoms with van der Waals surface area (Å²) in [6.07, 6.45) is 1.10. The summed E-state index contributed by atoms with van der Waals surface area (Å²) in [5.74, 6) is -0.448. The minimum absolute atomic E-state index is 0.0105. The summed E-state index contributed by atoms with van der Waals surface area (Å²) < 4.78 is 24.0. The molecule has 0 aliphatic carbocycles. The zero-order chi connectivity index (χ0) is 17.9. The van der Waals surface area contributed by atoms with Gasteiger partial charge in [0.25, 0.3) is 9.05 Å². The maximum absolute atomic E-state index is 12.9. The second kappa shape index (κ2) is 7.51. The first kappa shape index (κ1) is 18.7. The molecule has 0 saturated heterocycles. The molecule has 0 radical (unpaired) electrons. The third-order valence-corrected chi connectivity index (χ3v) is 5.08. The predicted octanol–water partition coefficient (Wildman–Crippen LogP) is 3.87. The topological polar surface area (TPSA) is 68.3 Å². The highest BCUT2D eigenvalue weighted by Gasteiger charge is 2.26. The van der Waals surface area contributed by atoms with E-state index in [9.17, 15) is 18.0 Å². The maximum Gasteiger partial charge on any atom is 0.262 e. The molecule has 0 amide bonds. The summed E-state index contributed by atoms with van der Waals surface area (Å²) in [6.45, 7) is 1.89. The summed E-state index contributed by atoms with van der Waals surface area (Å²) >= 11 is 3.74. The van der Waals surface area contributed by atoms with Crippen molar-refractivity contribution in [3.05, 3.63) is 64.7 Å². The van der Waals surface area contributed by atoms with Crippen LogP contribution < -0.4 is 0 Å². The van der Waals surface area contributed by atoms with E-state index in [0.29, 0.717) is 24.0 Å². The van der Waals surface area contributed by atoms with Gasteiger partial charge in [-0.05, 0) is 24.1 Å². The first-order chi connectivity index (χ1) is 11.3. The van der Waals surface area contributed by atoms with Crippen molar-refractivity contribution in [1.82, 2.24) is 0 Å². The number of rotatable bonds is 6. The largest absolute Gasteiger partial charge is 0.289 e. The van der Waals surface area contributed by atoms with E-state index < -0.39 is 19.9 Å². The van der Waals surface area contributed by atoms with E-state index in [2.05, 4.69) is 12.6 Å². The Labute approximate surface area is 150 Å². The average molecular weight is 383 g/mol. The van der Waals surface area contributed by atoms with E-state index in [-0.39, 0.29) is 16.0 Å². The molecule has 0 aliphatic heterocycles. The number of carbonyl (C=O) groups is 2.